The molecule has 31 heavy (non-hydrogen) atoms. The summed E-state index contributed by atoms with van der Waals surface area (Å²) in [6, 6.07) is 5.29. The molecule has 0 aromatic heterocycles. The highest BCUT2D eigenvalue weighted by Gasteiger charge is 2.54. The molecule has 0 bridgehead atoms. The van der Waals surface area contributed by atoms with Crippen LogP contribution in [0.2, 0.25) is 0 Å². The number of nitrogens with zero attached hydrogens (tertiary/aromatic N) is 6. The number of hydrogen-bond acceptors (Lipinski definition) is 6. The van der Waals surface area contributed by atoms with Crippen molar-refractivity contribution < 1.29 is 23.3 Å². The maximum atomic E-state index is 13.4. The number of morpholine rings is 1. The predicted molar refractivity (Wildman–Crippen MR) is 112 cm³/mol. The molecule has 3 amide bonds. The van der Waals surface area contributed by atoms with Crippen LogP contribution in [0.25, 0.3) is 0 Å². The van der Waals surface area contributed by atoms with Crippen LogP contribution in [0, 0.1) is 5.82 Å². The van der Waals surface area contributed by atoms with Crippen LogP contribution in [0.4, 0.5) is 14.9 Å². The van der Waals surface area contributed by atoms with E-state index in [1.807, 2.05) is 9.48 Å². The Balaban J connectivity index is 1.41. The first-order chi connectivity index (χ1) is 15.0. The first-order valence-electron chi connectivity index (χ1n) is 10.7. The zero-order valence-electron chi connectivity index (χ0n) is 17.5. The Morgan fingerprint density at radius 1 is 1.13 bits per heavy atom. The highest BCUT2D eigenvalue weighted by Crippen LogP contribution is 2.26. The fourth-order valence-corrected chi connectivity index (χ4v) is 4.59. The van der Waals surface area contributed by atoms with E-state index in [1.54, 1.807) is 19.2 Å². The lowest BCUT2D eigenvalue weighted by molar-refractivity contribution is -0.539. The Morgan fingerprint density at radius 3 is 2.61 bits per heavy atom. The lowest BCUT2D eigenvalue weighted by Gasteiger charge is -2.36. The molecule has 2 saturated heterocycles. The molecule has 0 N–H and O–H groups in total. The number of benzene rings is 1. The molecule has 1 unspecified atom stereocenters. The van der Waals surface area contributed by atoms with Gasteiger partial charge >= 0.3 is 12.0 Å². The highest BCUT2D eigenvalue weighted by atomic mass is 19.1. The predicted octanol–water partition coefficient (Wildman–Crippen LogP) is 0.411. The molecular weight excluding hydrogens is 403 g/mol. The third-order valence-electron chi connectivity index (χ3n) is 6.29. The van der Waals surface area contributed by atoms with Crippen LogP contribution in [0.15, 0.2) is 29.3 Å². The van der Waals surface area contributed by atoms with Gasteiger partial charge < -0.3 is 4.74 Å². The summed E-state index contributed by atoms with van der Waals surface area (Å²) in [4.78, 5) is 38.1. The zero-order valence-corrected chi connectivity index (χ0v) is 17.5. The molecule has 0 aliphatic carbocycles. The minimum absolute atomic E-state index is 0.230. The van der Waals surface area contributed by atoms with E-state index >= 15 is 0 Å². The quantitative estimate of drug-likeness (QED) is 0.649. The normalized spacial score (nSPS) is 24.5. The Hall–Kier alpha value is -2.85. The average Bonchev–Trinajstić information content (AvgIpc) is 3.19. The van der Waals surface area contributed by atoms with E-state index in [-0.39, 0.29) is 17.8 Å². The zero-order chi connectivity index (χ0) is 21.5. The van der Waals surface area contributed by atoms with Crippen LogP contribution in [0.1, 0.15) is 6.42 Å². The molecule has 10 heteroatoms. The molecule has 1 aromatic rings. The van der Waals surface area contributed by atoms with Gasteiger partial charge in [0.05, 0.1) is 26.3 Å². The first-order valence-corrected chi connectivity index (χ1v) is 10.7. The topological polar surface area (TPSA) is 71.7 Å². The van der Waals surface area contributed by atoms with Crippen molar-refractivity contribution in [2.24, 2.45) is 4.99 Å². The van der Waals surface area contributed by atoms with Crippen LogP contribution >= 0.6 is 0 Å². The van der Waals surface area contributed by atoms with E-state index in [0.717, 1.165) is 25.2 Å². The fourth-order valence-electron chi connectivity index (χ4n) is 4.59. The van der Waals surface area contributed by atoms with E-state index in [1.165, 1.54) is 21.9 Å². The molecule has 0 saturated carbocycles. The summed E-state index contributed by atoms with van der Waals surface area (Å²) in [6.45, 7) is 5.32. The lowest BCUT2D eigenvalue weighted by atomic mass is 10.1. The molecule has 4 heterocycles. The summed E-state index contributed by atoms with van der Waals surface area (Å²) in [5.74, 6) is 0.569. The second kappa shape index (κ2) is 8.01. The molecule has 2 fully saturated rings. The number of hydrogen-bond donors (Lipinski definition) is 0. The van der Waals surface area contributed by atoms with Crippen LogP contribution in [-0.2, 0) is 9.53 Å². The standard InChI is InChI=1S/C21H26FN6O3/c1-24-18-17(19(29)28(21(24)30)10-9-25-11-13-31-14-12-25)27-8-2-7-26(20(27)23-18)16-5-3-15(22)4-6-16/h3-6,17H,2,7-14H2,1H3/q+1. The minimum atomic E-state index is -0.606. The Bertz CT molecular complexity index is 956. The summed E-state index contributed by atoms with van der Waals surface area (Å²) in [7, 11) is 1.67. The van der Waals surface area contributed by atoms with E-state index < -0.39 is 6.04 Å². The van der Waals surface area contributed by atoms with Crippen LogP contribution in [0.5, 0.6) is 0 Å². The number of ether oxygens (including phenoxy) is 1. The largest absolute Gasteiger partial charge is 0.397 e. The molecule has 164 valence electrons. The summed E-state index contributed by atoms with van der Waals surface area (Å²) in [5.41, 5.74) is 0.815. The molecule has 5 rings (SSSR count). The summed E-state index contributed by atoms with van der Waals surface area (Å²) >= 11 is 0. The van der Waals surface area contributed by atoms with Crippen molar-refractivity contribution in [1.29, 1.82) is 0 Å². The number of rotatable bonds is 4. The fraction of sp³-hybridized carbons (Fsp3) is 0.524. The number of likely N-dealkylation sites (N-methyl/N-ethyl adjacent to an activating group) is 1. The third-order valence-corrected chi connectivity index (χ3v) is 6.29. The van der Waals surface area contributed by atoms with Gasteiger partial charge in [0, 0.05) is 39.6 Å². The van der Waals surface area contributed by atoms with Crippen molar-refractivity contribution in [2.45, 2.75) is 12.5 Å². The second-order valence-corrected chi connectivity index (χ2v) is 8.13. The van der Waals surface area contributed by atoms with E-state index in [9.17, 15) is 14.0 Å². The molecule has 1 aromatic carbocycles. The Labute approximate surface area is 180 Å². The lowest BCUT2D eigenvalue weighted by Crippen LogP contribution is -2.64. The number of amides is 3. The van der Waals surface area contributed by atoms with Gasteiger partial charge in [0.15, 0.2) is 0 Å². The smallest absolute Gasteiger partial charge is 0.379 e. The van der Waals surface area contributed by atoms with Crippen LogP contribution < -0.4 is 4.90 Å². The maximum absolute atomic E-state index is 13.4. The third kappa shape index (κ3) is 3.49. The molecule has 1 atom stereocenters. The number of guanidine groups is 1. The number of carbonyl (C=O) groups is 2. The number of imide groups is 1. The van der Waals surface area contributed by atoms with Gasteiger partial charge in [-0.1, -0.05) is 4.99 Å². The van der Waals surface area contributed by atoms with Gasteiger partial charge in [-0.15, -0.1) is 0 Å². The molecule has 4 aliphatic rings. The van der Waals surface area contributed by atoms with Gasteiger partial charge in [-0.05, 0) is 24.3 Å². The number of fused-ring (bicyclic) bond motifs is 2. The molecule has 0 spiro atoms. The molecule has 0 radical (unpaired) electrons. The average molecular weight is 429 g/mol. The molecule has 4 aliphatic heterocycles. The second-order valence-electron chi connectivity index (χ2n) is 8.13. The van der Waals surface area contributed by atoms with Gasteiger partial charge in [0.25, 0.3) is 5.91 Å². The highest BCUT2D eigenvalue weighted by molar-refractivity contribution is 6.24. The van der Waals surface area contributed by atoms with Crippen molar-refractivity contribution in [3.63, 3.8) is 0 Å². The van der Waals surface area contributed by atoms with E-state index in [2.05, 4.69) is 4.90 Å². The van der Waals surface area contributed by atoms with Gasteiger partial charge in [0.2, 0.25) is 11.9 Å². The number of halogens is 1. The van der Waals surface area contributed by atoms with Gasteiger partial charge in [-0.3, -0.25) is 19.5 Å². The van der Waals surface area contributed by atoms with Crippen molar-refractivity contribution >= 4 is 29.4 Å². The molecule has 9 nitrogen and oxygen atoms in total. The SMILES string of the molecule is CN1C(=O)N(CCN2CCOCC2)C(=O)C2C1=NC1=[N+]2CCCN1c1ccc(F)cc1. The van der Waals surface area contributed by atoms with Crippen molar-refractivity contribution in [1.82, 2.24) is 14.7 Å². The summed E-state index contributed by atoms with van der Waals surface area (Å²) in [6.07, 6.45) is 0.832. The van der Waals surface area contributed by atoms with Gasteiger partial charge in [-0.25, -0.2) is 18.7 Å². The monoisotopic (exact) mass is 429 g/mol. The number of aliphatic imine (C=N–C) groups is 1. The van der Waals surface area contributed by atoms with Gasteiger partial charge in [0.1, 0.15) is 11.5 Å². The molecular formula is C21H26FN6O3+. The van der Waals surface area contributed by atoms with Crippen LogP contribution in [-0.4, -0.2) is 109 Å². The number of urea groups is 1. The number of anilines is 1. The van der Waals surface area contributed by atoms with Crippen molar-refractivity contribution in [3.8, 4) is 0 Å². The van der Waals surface area contributed by atoms with E-state index in [0.29, 0.717) is 51.2 Å². The van der Waals surface area contributed by atoms with E-state index in [4.69, 9.17) is 9.73 Å². The Kier molecular flexibility index (Phi) is 5.19. The van der Waals surface area contributed by atoms with Crippen molar-refractivity contribution in [3.05, 3.63) is 30.1 Å². The minimum Gasteiger partial charge on any atom is -0.379 e. The first kappa shape index (κ1) is 20.1. The number of amidine groups is 1. The van der Waals surface area contributed by atoms with Crippen molar-refractivity contribution in [2.75, 3.05) is 64.4 Å². The Morgan fingerprint density at radius 2 is 1.87 bits per heavy atom. The summed E-state index contributed by atoms with van der Waals surface area (Å²) < 4.78 is 20.7. The summed E-state index contributed by atoms with van der Waals surface area (Å²) in [5, 5.41) is 0. The van der Waals surface area contributed by atoms with Gasteiger partial charge in [-0.2, -0.15) is 0 Å². The number of carbonyl (C=O) groups excluding carboxylic acids is 2. The van der Waals surface area contributed by atoms with Crippen LogP contribution in [0.3, 0.4) is 0 Å². The maximum Gasteiger partial charge on any atom is 0.397 e.